The predicted octanol–water partition coefficient (Wildman–Crippen LogP) is 4.00. The number of rotatable bonds is 3. The number of halogens is 4. The van der Waals surface area contributed by atoms with Gasteiger partial charge in [-0.1, -0.05) is 6.07 Å². The van der Waals surface area contributed by atoms with E-state index in [0.717, 1.165) is 0 Å². The molecule has 0 saturated carbocycles. The minimum atomic E-state index is -2.57. The lowest BCUT2D eigenvalue weighted by atomic mass is 10.1. The summed E-state index contributed by atoms with van der Waals surface area (Å²) in [5, 5.41) is -1.28. The molecule has 1 atom stereocenters. The van der Waals surface area contributed by atoms with Gasteiger partial charge in [0.15, 0.2) is 0 Å². The predicted molar refractivity (Wildman–Crippen MR) is 55.3 cm³/mol. The van der Waals surface area contributed by atoms with Gasteiger partial charge in [-0.2, -0.15) is 0 Å². The highest BCUT2D eigenvalue weighted by molar-refractivity contribution is 9.10. The largest absolute Gasteiger partial charge is 0.496 e. The molecule has 0 saturated heterocycles. The molecule has 0 aliphatic rings. The Balaban J connectivity index is 2.96. The van der Waals surface area contributed by atoms with Gasteiger partial charge in [0.1, 0.15) is 11.1 Å². The maximum atomic E-state index is 12.2. The van der Waals surface area contributed by atoms with Crippen LogP contribution in [0.2, 0.25) is 0 Å². The van der Waals surface area contributed by atoms with E-state index in [-0.39, 0.29) is 0 Å². The molecule has 1 aromatic rings. The molecule has 0 amide bonds. The monoisotopic (exact) mass is 284 g/mol. The third-order valence-electron chi connectivity index (χ3n) is 1.72. The minimum Gasteiger partial charge on any atom is -0.496 e. The normalized spacial score (nSPS) is 13.0. The minimum absolute atomic E-state index is 0.370. The molecule has 0 spiro atoms. The molecule has 5 heteroatoms. The van der Waals surface area contributed by atoms with Crippen molar-refractivity contribution in [3.05, 3.63) is 28.2 Å². The van der Waals surface area contributed by atoms with E-state index >= 15 is 0 Å². The highest BCUT2D eigenvalue weighted by Crippen LogP contribution is 2.33. The van der Waals surface area contributed by atoms with E-state index in [1.165, 1.54) is 19.2 Å². The van der Waals surface area contributed by atoms with Crippen molar-refractivity contribution in [2.45, 2.75) is 11.8 Å². The molecule has 1 unspecified atom stereocenters. The first kappa shape index (κ1) is 11.7. The molecular weight excluding hydrogens is 277 g/mol. The van der Waals surface area contributed by atoms with Gasteiger partial charge in [0.2, 0.25) is 0 Å². The van der Waals surface area contributed by atoms with Gasteiger partial charge < -0.3 is 4.74 Å². The van der Waals surface area contributed by atoms with Crippen LogP contribution in [0.15, 0.2) is 22.7 Å². The van der Waals surface area contributed by atoms with Crippen molar-refractivity contribution in [3.8, 4) is 5.75 Å². The first-order chi connectivity index (χ1) is 6.56. The van der Waals surface area contributed by atoms with Gasteiger partial charge in [0.25, 0.3) is 6.43 Å². The molecule has 0 aromatic heterocycles. The van der Waals surface area contributed by atoms with Gasteiger partial charge in [-0.15, -0.1) is 11.6 Å². The summed E-state index contributed by atoms with van der Waals surface area (Å²) in [6.07, 6.45) is -2.57. The number of hydrogen-bond donors (Lipinski definition) is 0. The number of ether oxygens (including phenoxy) is 1. The lowest BCUT2D eigenvalue weighted by molar-refractivity contribution is 0.143. The fourth-order valence-corrected chi connectivity index (χ4v) is 1.69. The lowest BCUT2D eigenvalue weighted by Crippen LogP contribution is -2.02. The number of hydrogen-bond acceptors (Lipinski definition) is 1. The maximum absolute atomic E-state index is 12.2. The van der Waals surface area contributed by atoms with E-state index in [9.17, 15) is 8.78 Å². The van der Waals surface area contributed by atoms with E-state index in [0.29, 0.717) is 15.8 Å². The van der Waals surface area contributed by atoms with Gasteiger partial charge in [0.05, 0.1) is 11.6 Å². The Morgan fingerprint density at radius 3 is 2.50 bits per heavy atom. The van der Waals surface area contributed by atoms with E-state index in [2.05, 4.69) is 15.9 Å². The van der Waals surface area contributed by atoms with Crippen LogP contribution in [0.1, 0.15) is 10.9 Å². The van der Waals surface area contributed by atoms with Gasteiger partial charge in [-0.25, -0.2) is 8.78 Å². The number of methoxy groups -OCH3 is 1. The van der Waals surface area contributed by atoms with Gasteiger partial charge in [0, 0.05) is 0 Å². The summed E-state index contributed by atoms with van der Waals surface area (Å²) in [6, 6.07) is 4.65. The highest BCUT2D eigenvalue weighted by Gasteiger charge is 2.20. The van der Waals surface area contributed by atoms with Crippen LogP contribution < -0.4 is 4.74 Å². The van der Waals surface area contributed by atoms with Crippen LogP contribution >= 0.6 is 27.5 Å². The van der Waals surface area contributed by atoms with E-state index in [1.807, 2.05) is 0 Å². The van der Waals surface area contributed by atoms with E-state index in [4.69, 9.17) is 16.3 Å². The summed E-state index contributed by atoms with van der Waals surface area (Å²) in [7, 11) is 1.51. The highest BCUT2D eigenvalue weighted by atomic mass is 79.9. The summed E-state index contributed by atoms with van der Waals surface area (Å²) in [6.45, 7) is 0. The van der Waals surface area contributed by atoms with Crippen molar-refractivity contribution < 1.29 is 13.5 Å². The fraction of sp³-hybridized carbons (Fsp3) is 0.333. The summed E-state index contributed by atoms with van der Waals surface area (Å²) >= 11 is 8.69. The Morgan fingerprint density at radius 2 is 2.07 bits per heavy atom. The smallest absolute Gasteiger partial charge is 0.258 e. The molecule has 0 radical (unpaired) electrons. The van der Waals surface area contributed by atoms with Crippen molar-refractivity contribution in [1.29, 1.82) is 0 Å². The van der Waals surface area contributed by atoms with Crippen LogP contribution in [0.25, 0.3) is 0 Å². The molecule has 1 nitrogen and oxygen atoms in total. The van der Waals surface area contributed by atoms with Gasteiger partial charge in [-0.3, -0.25) is 0 Å². The molecule has 0 bridgehead atoms. The third kappa shape index (κ3) is 2.58. The molecule has 0 heterocycles. The third-order valence-corrected chi connectivity index (χ3v) is 2.78. The topological polar surface area (TPSA) is 9.23 Å². The van der Waals surface area contributed by atoms with Crippen molar-refractivity contribution in [3.63, 3.8) is 0 Å². The number of benzene rings is 1. The Hall–Kier alpha value is -0.350. The van der Waals surface area contributed by atoms with Crippen molar-refractivity contribution >= 4 is 27.5 Å². The quantitative estimate of drug-likeness (QED) is 0.763. The molecule has 1 aromatic carbocycles. The van der Waals surface area contributed by atoms with Gasteiger partial charge >= 0.3 is 0 Å². The number of alkyl halides is 3. The maximum Gasteiger partial charge on any atom is 0.258 e. The van der Waals surface area contributed by atoms with Crippen molar-refractivity contribution in [1.82, 2.24) is 0 Å². The molecule has 78 valence electrons. The summed E-state index contributed by atoms with van der Waals surface area (Å²) in [5.74, 6) is 0.590. The van der Waals surface area contributed by atoms with Crippen molar-refractivity contribution in [2.75, 3.05) is 7.11 Å². The van der Waals surface area contributed by atoms with Crippen LogP contribution in [0, 0.1) is 0 Å². The SMILES string of the molecule is COc1ccc(C(Cl)C(F)F)cc1Br. The summed E-state index contributed by atoms with van der Waals surface area (Å²) < 4.78 is 30.1. The summed E-state index contributed by atoms with van der Waals surface area (Å²) in [5.41, 5.74) is 0.370. The second-order valence-corrected chi connectivity index (χ2v) is 3.95. The van der Waals surface area contributed by atoms with Crippen molar-refractivity contribution in [2.24, 2.45) is 0 Å². The molecule has 1 rings (SSSR count). The first-order valence-corrected chi connectivity index (χ1v) is 5.05. The second kappa shape index (κ2) is 4.94. The molecule has 0 aliphatic carbocycles. The van der Waals surface area contributed by atoms with E-state index < -0.39 is 11.8 Å². The van der Waals surface area contributed by atoms with Crippen LogP contribution in [0.5, 0.6) is 5.75 Å². The first-order valence-electron chi connectivity index (χ1n) is 3.82. The zero-order valence-electron chi connectivity index (χ0n) is 7.31. The fourth-order valence-electron chi connectivity index (χ4n) is 1.000. The standard InChI is InChI=1S/C9H8BrClF2O/c1-14-7-3-2-5(4-6(7)10)8(11)9(12)13/h2-4,8-9H,1H3. The molecule has 0 fully saturated rings. The Labute approximate surface area is 94.1 Å². The zero-order chi connectivity index (χ0) is 10.7. The molecular formula is C9H8BrClF2O. The second-order valence-electron chi connectivity index (χ2n) is 2.63. The average Bonchev–Trinajstić information content (AvgIpc) is 2.16. The Bertz CT molecular complexity index is 320. The van der Waals surface area contributed by atoms with Crippen LogP contribution in [-0.2, 0) is 0 Å². The zero-order valence-corrected chi connectivity index (χ0v) is 9.65. The average molecular weight is 286 g/mol. The molecule has 0 N–H and O–H groups in total. The molecule has 0 aliphatic heterocycles. The Kier molecular flexibility index (Phi) is 4.13. The lowest BCUT2D eigenvalue weighted by Gasteiger charge is -2.10. The molecule has 14 heavy (non-hydrogen) atoms. The van der Waals surface area contributed by atoms with E-state index in [1.54, 1.807) is 6.07 Å². The van der Waals surface area contributed by atoms with Crippen LogP contribution in [0.3, 0.4) is 0 Å². The van der Waals surface area contributed by atoms with Gasteiger partial charge in [-0.05, 0) is 33.6 Å². The Morgan fingerprint density at radius 1 is 1.43 bits per heavy atom. The van der Waals surface area contributed by atoms with Crippen LogP contribution in [-0.4, -0.2) is 13.5 Å². The summed E-state index contributed by atoms with van der Waals surface area (Å²) in [4.78, 5) is 0. The van der Waals surface area contributed by atoms with Crippen LogP contribution in [0.4, 0.5) is 8.78 Å².